The molecule has 2 aromatic carbocycles. The van der Waals surface area contributed by atoms with Crippen molar-refractivity contribution in [2.75, 3.05) is 19.1 Å². The largest absolute Gasteiger partial charge is 0.493 e. The van der Waals surface area contributed by atoms with Crippen molar-refractivity contribution in [3.63, 3.8) is 0 Å². The number of rotatable bonds is 3. The lowest BCUT2D eigenvalue weighted by molar-refractivity contribution is 0.0981. The zero-order chi connectivity index (χ0) is 16.6. The summed E-state index contributed by atoms with van der Waals surface area (Å²) < 4.78 is 11.6. The first-order valence-corrected chi connectivity index (χ1v) is 8.18. The number of halogens is 1. The van der Waals surface area contributed by atoms with Crippen molar-refractivity contribution < 1.29 is 14.3 Å². The van der Waals surface area contributed by atoms with E-state index in [-0.39, 0.29) is 11.9 Å². The highest BCUT2D eigenvalue weighted by Crippen LogP contribution is 2.36. The number of hydrogen-bond acceptors (Lipinski definition) is 3. The van der Waals surface area contributed by atoms with Crippen LogP contribution in [-0.2, 0) is 6.42 Å². The molecule has 1 unspecified atom stereocenters. The molecule has 0 saturated heterocycles. The van der Waals surface area contributed by atoms with Gasteiger partial charge in [0.2, 0.25) is 0 Å². The molecule has 0 fully saturated rings. The molecule has 1 aliphatic rings. The molecule has 3 rings (SSSR count). The van der Waals surface area contributed by atoms with Gasteiger partial charge in [0, 0.05) is 21.8 Å². The smallest absolute Gasteiger partial charge is 0.258 e. The number of benzene rings is 2. The molecule has 5 heteroatoms. The van der Waals surface area contributed by atoms with Crippen molar-refractivity contribution in [3.8, 4) is 11.5 Å². The third-order valence-corrected chi connectivity index (χ3v) is 4.60. The summed E-state index contributed by atoms with van der Waals surface area (Å²) in [5.41, 5.74) is 2.74. The summed E-state index contributed by atoms with van der Waals surface area (Å²) in [5.74, 6) is 1.14. The molecule has 1 amide bonds. The van der Waals surface area contributed by atoms with Gasteiger partial charge in [-0.15, -0.1) is 0 Å². The number of anilines is 1. The molecule has 0 saturated carbocycles. The van der Waals surface area contributed by atoms with Gasteiger partial charge >= 0.3 is 0 Å². The second-order valence-corrected chi connectivity index (χ2v) is 6.49. The Kier molecular flexibility index (Phi) is 4.31. The van der Waals surface area contributed by atoms with E-state index in [0.29, 0.717) is 17.1 Å². The molecule has 0 N–H and O–H groups in total. The van der Waals surface area contributed by atoms with Crippen LogP contribution in [0.1, 0.15) is 22.8 Å². The van der Waals surface area contributed by atoms with Crippen LogP contribution in [0.4, 0.5) is 5.69 Å². The number of nitrogens with zero attached hydrogens (tertiary/aromatic N) is 1. The van der Waals surface area contributed by atoms with Crippen LogP contribution in [0.15, 0.2) is 40.9 Å². The number of hydrogen-bond donors (Lipinski definition) is 0. The van der Waals surface area contributed by atoms with Gasteiger partial charge in [-0.2, -0.15) is 0 Å². The van der Waals surface area contributed by atoms with Crippen LogP contribution in [0.3, 0.4) is 0 Å². The monoisotopic (exact) mass is 375 g/mol. The van der Waals surface area contributed by atoms with Crippen molar-refractivity contribution in [3.05, 3.63) is 52.0 Å². The van der Waals surface area contributed by atoms with E-state index in [4.69, 9.17) is 9.47 Å². The zero-order valence-electron chi connectivity index (χ0n) is 13.3. The Morgan fingerprint density at radius 2 is 1.87 bits per heavy atom. The van der Waals surface area contributed by atoms with Gasteiger partial charge in [0.1, 0.15) is 0 Å². The summed E-state index contributed by atoms with van der Waals surface area (Å²) in [7, 11) is 3.15. The molecule has 0 radical (unpaired) electrons. The molecule has 1 aliphatic heterocycles. The summed E-state index contributed by atoms with van der Waals surface area (Å²) in [6, 6.07) is 11.4. The fourth-order valence-corrected chi connectivity index (χ4v) is 3.43. The summed E-state index contributed by atoms with van der Waals surface area (Å²) in [6.45, 7) is 2.06. The maximum atomic E-state index is 13.0. The van der Waals surface area contributed by atoms with Crippen LogP contribution < -0.4 is 14.4 Å². The third kappa shape index (κ3) is 2.81. The quantitative estimate of drug-likeness (QED) is 0.811. The molecule has 2 aromatic rings. The summed E-state index contributed by atoms with van der Waals surface area (Å²) in [6.07, 6.45) is 0.855. The van der Waals surface area contributed by atoms with Gasteiger partial charge in [0.15, 0.2) is 11.5 Å². The topological polar surface area (TPSA) is 38.8 Å². The summed E-state index contributed by atoms with van der Waals surface area (Å²) in [4.78, 5) is 14.8. The average molecular weight is 376 g/mol. The summed E-state index contributed by atoms with van der Waals surface area (Å²) >= 11 is 3.49. The first-order valence-electron chi connectivity index (χ1n) is 7.39. The Morgan fingerprint density at radius 3 is 2.57 bits per heavy atom. The van der Waals surface area contributed by atoms with Crippen molar-refractivity contribution >= 4 is 27.5 Å². The zero-order valence-corrected chi connectivity index (χ0v) is 14.9. The molecule has 0 aromatic heterocycles. The van der Waals surface area contributed by atoms with Gasteiger partial charge in [-0.25, -0.2) is 0 Å². The number of carbonyl (C=O) groups excluding carboxylic acids is 1. The predicted octanol–water partition coefficient (Wildman–Crippen LogP) is 4.06. The number of methoxy groups -OCH3 is 2. The van der Waals surface area contributed by atoms with Crippen LogP contribution in [-0.4, -0.2) is 26.2 Å². The first-order chi connectivity index (χ1) is 11.0. The predicted molar refractivity (Wildman–Crippen MR) is 93.7 cm³/mol. The van der Waals surface area contributed by atoms with E-state index >= 15 is 0 Å². The van der Waals surface area contributed by atoms with Gasteiger partial charge in [-0.3, -0.25) is 4.79 Å². The minimum Gasteiger partial charge on any atom is -0.493 e. The van der Waals surface area contributed by atoms with E-state index in [9.17, 15) is 4.79 Å². The normalized spacial score (nSPS) is 16.2. The number of ether oxygens (including phenoxy) is 2. The van der Waals surface area contributed by atoms with Crippen LogP contribution in [0, 0.1) is 0 Å². The Balaban J connectivity index is 1.98. The van der Waals surface area contributed by atoms with Crippen LogP contribution in [0.2, 0.25) is 0 Å². The van der Waals surface area contributed by atoms with E-state index in [1.54, 1.807) is 32.4 Å². The Bertz CT molecular complexity index is 760. The van der Waals surface area contributed by atoms with Gasteiger partial charge in [0.05, 0.1) is 14.2 Å². The molecule has 0 spiro atoms. The van der Waals surface area contributed by atoms with Gasteiger partial charge in [0.25, 0.3) is 5.91 Å². The highest BCUT2D eigenvalue weighted by atomic mass is 79.9. The van der Waals surface area contributed by atoms with E-state index in [0.717, 1.165) is 16.6 Å². The standard InChI is InChI=1S/C18H18BrNO3/c1-11-8-13-9-14(19)5-6-15(13)20(11)18(21)12-4-7-16(22-2)17(10-12)23-3/h4-7,9-11H,8H2,1-3H3. The number of amides is 1. The van der Waals surface area contributed by atoms with Crippen LogP contribution in [0.25, 0.3) is 0 Å². The number of fused-ring (bicyclic) bond motifs is 1. The fourth-order valence-electron chi connectivity index (χ4n) is 3.02. The second-order valence-electron chi connectivity index (χ2n) is 5.57. The van der Waals surface area contributed by atoms with Gasteiger partial charge < -0.3 is 14.4 Å². The molecule has 4 nitrogen and oxygen atoms in total. The lowest BCUT2D eigenvalue weighted by Gasteiger charge is -2.23. The fraction of sp³-hybridized carbons (Fsp3) is 0.278. The Labute approximate surface area is 144 Å². The third-order valence-electron chi connectivity index (χ3n) is 4.11. The molecule has 120 valence electrons. The highest BCUT2D eigenvalue weighted by molar-refractivity contribution is 9.10. The summed E-state index contributed by atoms with van der Waals surface area (Å²) in [5, 5.41) is 0. The minimum atomic E-state index is -0.0282. The molecule has 1 atom stereocenters. The van der Waals surface area contributed by atoms with Gasteiger partial charge in [-0.1, -0.05) is 15.9 Å². The SMILES string of the molecule is COc1ccc(C(=O)N2c3ccc(Br)cc3CC2C)cc1OC. The highest BCUT2D eigenvalue weighted by Gasteiger charge is 2.31. The van der Waals surface area contributed by atoms with E-state index < -0.39 is 0 Å². The maximum Gasteiger partial charge on any atom is 0.258 e. The minimum absolute atomic E-state index is 0.0282. The van der Waals surface area contributed by atoms with Crippen molar-refractivity contribution in [1.82, 2.24) is 0 Å². The lowest BCUT2D eigenvalue weighted by atomic mass is 10.1. The molecule has 0 bridgehead atoms. The second kappa shape index (κ2) is 6.24. The molecule has 1 heterocycles. The van der Waals surface area contributed by atoms with E-state index in [2.05, 4.69) is 28.9 Å². The molecular formula is C18H18BrNO3. The molecule has 23 heavy (non-hydrogen) atoms. The van der Waals surface area contributed by atoms with Crippen molar-refractivity contribution in [2.45, 2.75) is 19.4 Å². The number of carbonyl (C=O) groups is 1. The van der Waals surface area contributed by atoms with E-state index in [1.807, 2.05) is 17.0 Å². The lowest BCUT2D eigenvalue weighted by Crippen LogP contribution is -2.35. The van der Waals surface area contributed by atoms with Crippen LogP contribution in [0.5, 0.6) is 11.5 Å². The van der Waals surface area contributed by atoms with E-state index in [1.165, 1.54) is 5.56 Å². The van der Waals surface area contributed by atoms with Crippen LogP contribution >= 0.6 is 15.9 Å². The Morgan fingerprint density at radius 1 is 1.13 bits per heavy atom. The van der Waals surface area contributed by atoms with Gasteiger partial charge in [-0.05, 0) is 55.3 Å². The van der Waals surface area contributed by atoms with Crippen molar-refractivity contribution in [1.29, 1.82) is 0 Å². The van der Waals surface area contributed by atoms with Crippen molar-refractivity contribution in [2.24, 2.45) is 0 Å². The molecule has 0 aliphatic carbocycles. The maximum absolute atomic E-state index is 13.0. The average Bonchev–Trinajstić information content (AvgIpc) is 2.88. The first kappa shape index (κ1) is 15.9. The Hall–Kier alpha value is -2.01. The molecular weight excluding hydrogens is 358 g/mol.